The molecular formula is C23H29N3O3S. The van der Waals surface area contributed by atoms with Gasteiger partial charge in [-0.2, -0.15) is 4.31 Å². The number of hydrogen-bond acceptors (Lipinski definition) is 4. The summed E-state index contributed by atoms with van der Waals surface area (Å²) in [5, 5.41) is 2.62. The van der Waals surface area contributed by atoms with Crippen LogP contribution in [-0.4, -0.2) is 56.3 Å². The fourth-order valence-electron chi connectivity index (χ4n) is 3.56. The van der Waals surface area contributed by atoms with Crippen LogP contribution in [0.2, 0.25) is 0 Å². The molecule has 3 rings (SSSR count). The Morgan fingerprint density at radius 2 is 1.63 bits per heavy atom. The van der Waals surface area contributed by atoms with Crippen LogP contribution < -0.4 is 5.32 Å². The van der Waals surface area contributed by atoms with Crippen molar-refractivity contribution in [3.05, 3.63) is 72.8 Å². The maximum atomic E-state index is 12.9. The Morgan fingerprint density at radius 3 is 2.27 bits per heavy atom. The first kappa shape index (κ1) is 22.2. The van der Waals surface area contributed by atoms with Crippen molar-refractivity contribution >= 4 is 21.6 Å². The van der Waals surface area contributed by atoms with E-state index in [4.69, 9.17) is 0 Å². The van der Waals surface area contributed by atoms with Crippen LogP contribution in [0.25, 0.3) is 0 Å². The van der Waals surface area contributed by atoms with Crippen molar-refractivity contribution in [2.24, 2.45) is 0 Å². The molecule has 1 fully saturated rings. The summed E-state index contributed by atoms with van der Waals surface area (Å²) in [4.78, 5) is 13.9. The summed E-state index contributed by atoms with van der Waals surface area (Å²) in [5.41, 5.74) is 1.91. The molecule has 7 heteroatoms. The van der Waals surface area contributed by atoms with E-state index in [9.17, 15) is 13.2 Å². The zero-order valence-corrected chi connectivity index (χ0v) is 18.0. The molecule has 0 spiro atoms. The van der Waals surface area contributed by atoms with Crippen LogP contribution in [0.15, 0.2) is 72.1 Å². The molecular weight excluding hydrogens is 398 g/mol. The minimum atomic E-state index is -3.52. The molecule has 30 heavy (non-hydrogen) atoms. The van der Waals surface area contributed by atoms with Gasteiger partial charge in [0, 0.05) is 31.9 Å². The fraction of sp³-hybridized carbons (Fsp3) is 0.348. The summed E-state index contributed by atoms with van der Waals surface area (Å²) in [7, 11) is -3.52. The maximum absolute atomic E-state index is 12.9. The first-order chi connectivity index (χ1) is 14.5. The van der Waals surface area contributed by atoms with Gasteiger partial charge in [-0.1, -0.05) is 36.9 Å². The zero-order chi connectivity index (χ0) is 21.4. The number of sulfonamides is 1. The van der Waals surface area contributed by atoms with Gasteiger partial charge in [-0.05, 0) is 61.7 Å². The first-order valence-electron chi connectivity index (χ1n) is 10.3. The second-order valence-corrected chi connectivity index (χ2v) is 9.34. The van der Waals surface area contributed by atoms with Gasteiger partial charge >= 0.3 is 0 Å². The Labute approximate surface area is 179 Å². The summed E-state index contributed by atoms with van der Waals surface area (Å²) in [6, 6.07) is 16.7. The highest BCUT2D eigenvalue weighted by atomic mass is 32.2. The van der Waals surface area contributed by atoms with Crippen LogP contribution in [-0.2, 0) is 21.2 Å². The van der Waals surface area contributed by atoms with E-state index in [0.29, 0.717) is 18.8 Å². The minimum Gasteiger partial charge on any atom is -0.323 e. The molecule has 1 saturated heterocycles. The Kier molecular flexibility index (Phi) is 7.79. The van der Waals surface area contributed by atoms with E-state index < -0.39 is 10.0 Å². The Balaban J connectivity index is 1.45. The average molecular weight is 428 g/mol. The fourth-order valence-corrected chi connectivity index (χ4v) is 4.98. The number of hydrogen-bond donors (Lipinski definition) is 1. The van der Waals surface area contributed by atoms with E-state index in [1.807, 2.05) is 6.07 Å². The number of nitrogens with one attached hydrogen (secondary N) is 1. The third-order valence-electron chi connectivity index (χ3n) is 5.31. The molecule has 1 N–H and O–H groups in total. The third kappa shape index (κ3) is 6.01. The lowest BCUT2D eigenvalue weighted by Crippen LogP contribution is -2.48. The quantitative estimate of drug-likeness (QED) is 0.493. The summed E-state index contributed by atoms with van der Waals surface area (Å²) in [5.74, 6) is -0.328. The van der Waals surface area contributed by atoms with Crippen molar-refractivity contribution in [3.63, 3.8) is 0 Å². The topological polar surface area (TPSA) is 69.7 Å². The number of piperazine rings is 1. The SMILES string of the molecule is C=CC(=O)Nc1ccc(S(=O)(=O)N2CCN(CCCCc3ccccc3)CC2)cc1. The van der Waals surface area contributed by atoms with Crippen molar-refractivity contribution in [3.8, 4) is 0 Å². The molecule has 1 amide bonds. The highest BCUT2D eigenvalue weighted by Gasteiger charge is 2.28. The van der Waals surface area contributed by atoms with Gasteiger partial charge < -0.3 is 10.2 Å². The molecule has 0 bridgehead atoms. The lowest BCUT2D eigenvalue weighted by atomic mass is 10.1. The third-order valence-corrected chi connectivity index (χ3v) is 7.22. The molecule has 1 aliphatic heterocycles. The lowest BCUT2D eigenvalue weighted by Gasteiger charge is -2.34. The van der Waals surface area contributed by atoms with Crippen LogP contribution in [0.3, 0.4) is 0 Å². The first-order valence-corrected chi connectivity index (χ1v) is 11.7. The molecule has 0 aliphatic carbocycles. The molecule has 0 unspecified atom stereocenters. The number of amides is 1. The van der Waals surface area contributed by atoms with E-state index in [0.717, 1.165) is 38.9 Å². The molecule has 1 heterocycles. The summed E-state index contributed by atoms with van der Waals surface area (Å²) in [6.45, 7) is 6.89. The molecule has 2 aromatic rings. The van der Waals surface area contributed by atoms with E-state index in [-0.39, 0.29) is 10.8 Å². The maximum Gasteiger partial charge on any atom is 0.247 e. The Bertz CT molecular complexity index is 935. The van der Waals surface area contributed by atoms with Gasteiger partial charge in [0.1, 0.15) is 0 Å². The summed E-state index contributed by atoms with van der Waals surface area (Å²) < 4.78 is 27.4. The van der Waals surface area contributed by atoms with Crippen molar-refractivity contribution in [1.29, 1.82) is 0 Å². The Hall–Kier alpha value is -2.48. The molecule has 6 nitrogen and oxygen atoms in total. The molecule has 0 aromatic heterocycles. The number of anilines is 1. The number of nitrogens with zero attached hydrogens (tertiary/aromatic N) is 2. The van der Waals surface area contributed by atoms with Gasteiger partial charge in [0.05, 0.1) is 4.90 Å². The normalized spacial score (nSPS) is 15.6. The van der Waals surface area contributed by atoms with Gasteiger partial charge in [-0.3, -0.25) is 4.79 Å². The largest absolute Gasteiger partial charge is 0.323 e. The van der Waals surface area contributed by atoms with E-state index in [2.05, 4.69) is 41.1 Å². The van der Waals surface area contributed by atoms with Crippen LogP contribution in [0.5, 0.6) is 0 Å². The van der Waals surface area contributed by atoms with Gasteiger partial charge in [0.25, 0.3) is 0 Å². The van der Waals surface area contributed by atoms with Crippen molar-refractivity contribution < 1.29 is 13.2 Å². The zero-order valence-electron chi connectivity index (χ0n) is 17.2. The number of unbranched alkanes of at least 4 members (excludes halogenated alkanes) is 1. The molecule has 0 radical (unpaired) electrons. The predicted octanol–water partition coefficient (Wildman–Crippen LogP) is 3.14. The summed E-state index contributed by atoms with van der Waals surface area (Å²) in [6.07, 6.45) is 4.50. The average Bonchev–Trinajstić information content (AvgIpc) is 2.78. The standard InChI is InChI=1S/C23H29N3O3S/c1-2-23(27)24-21-11-13-22(14-12-21)30(28,29)26-18-16-25(17-19-26)15-7-6-10-20-8-4-3-5-9-20/h2-5,8-9,11-14H,1,6-7,10,15-19H2,(H,24,27). The van der Waals surface area contributed by atoms with Crippen LogP contribution in [0, 0.1) is 0 Å². The smallest absolute Gasteiger partial charge is 0.247 e. The molecule has 1 aliphatic rings. The lowest BCUT2D eigenvalue weighted by molar-refractivity contribution is -0.111. The number of carbonyl (C=O) groups excluding carboxylic acids is 1. The molecule has 0 saturated carbocycles. The van der Waals surface area contributed by atoms with Gasteiger partial charge in [0.15, 0.2) is 0 Å². The highest BCUT2D eigenvalue weighted by Crippen LogP contribution is 2.20. The van der Waals surface area contributed by atoms with Crippen molar-refractivity contribution in [1.82, 2.24) is 9.21 Å². The second kappa shape index (κ2) is 10.5. The second-order valence-electron chi connectivity index (χ2n) is 7.41. The van der Waals surface area contributed by atoms with E-state index in [1.165, 1.54) is 23.8 Å². The van der Waals surface area contributed by atoms with Crippen molar-refractivity contribution in [2.45, 2.75) is 24.2 Å². The molecule has 0 atom stereocenters. The van der Waals surface area contributed by atoms with Crippen LogP contribution in [0.1, 0.15) is 18.4 Å². The predicted molar refractivity (Wildman–Crippen MR) is 120 cm³/mol. The van der Waals surface area contributed by atoms with Crippen molar-refractivity contribution in [2.75, 3.05) is 38.0 Å². The minimum absolute atomic E-state index is 0.246. The number of aryl methyl sites for hydroxylation is 1. The Morgan fingerprint density at radius 1 is 0.967 bits per heavy atom. The van der Waals surface area contributed by atoms with Crippen LogP contribution >= 0.6 is 0 Å². The monoisotopic (exact) mass is 427 g/mol. The highest BCUT2D eigenvalue weighted by molar-refractivity contribution is 7.89. The van der Waals surface area contributed by atoms with E-state index in [1.54, 1.807) is 16.4 Å². The van der Waals surface area contributed by atoms with Gasteiger partial charge in [-0.15, -0.1) is 0 Å². The van der Waals surface area contributed by atoms with E-state index >= 15 is 0 Å². The number of benzene rings is 2. The van der Waals surface area contributed by atoms with Crippen LogP contribution in [0.4, 0.5) is 5.69 Å². The molecule has 160 valence electrons. The van der Waals surface area contributed by atoms with Gasteiger partial charge in [0.2, 0.25) is 15.9 Å². The summed E-state index contributed by atoms with van der Waals surface area (Å²) >= 11 is 0. The number of rotatable bonds is 9. The number of carbonyl (C=O) groups is 1. The van der Waals surface area contributed by atoms with Gasteiger partial charge in [-0.25, -0.2) is 8.42 Å². The molecule has 2 aromatic carbocycles.